The first-order valence-electron chi connectivity index (χ1n) is 9.52. The van der Waals surface area contributed by atoms with E-state index in [-0.39, 0.29) is 5.41 Å². The minimum Gasteiger partial charge on any atom is -0.497 e. The Bertz CT molecular complexity index is 723. The van der Waals surface area contributed by atoms with Crippen LogP contribution in [0.4, 0.5) is 0 Å². The van der Waals surface area contributed by atoms with Crippen LogP contribution in [0.2, 0.25) is 0 Å². The van der Waals surface area contributed by atoms with Gasteiger partial charge in [-0.05, 0) is 42.5 Å². The summed E-state index contributed by atoms with van der Waals surface area (Å²) < 4.78 is 10.9. The van der Waals surface area contributed by atoms with Gasteiger partial charge in [-0.3, -0.25) is 4.99 Å². The van der Waals surface area contributed by atoms with Gasteiger partial charge in [0.05, 0.1) is 13.7 Å². The van der Waals surface area contributed by atoms with E-state index in [2.05, 4.69) is 46.7 Å². The van der Waals surface area contributed by atoms with Crippen LogP contribution in [0.5, 0.6) is 5.75 Å². The Hall–Kier alpha value is -2.53. The Labute approximate surface area is 161 Å². The van der Waals surface area contributed by atoms with Crippen molar-refractivity contribution in [2.24, 2.45) is 10.7 Å². The Morgan fingerprint density at radius 1 is 1.11 bits per heavy atom. The van der Waals surface area contributed by atoms with Crippen LogP contribution >= 0.6 is 0 Å². The van der Waals surface area contributed by atoms with Gasteiger partial charge in [0, 0.05) is 25.2 Å². The second-order valence-electron chi connectivity index (χ2n) is 6.99. The van der Waals surface area contributed by atoms with Gasteiger partial charge in [0.2, 0.25) is 0 Å². The van der Waals surface area contributed by atoms with E-state index in [4.69, 9.17) is 15.2 Å². The van der Waals surface area contributed by atoms with E-state index < -0.39 is 0 Å². The molecule has 3 rings (SSSR count). The van der Waals surface area contributed by atoms with Crippen LogP contribution < -0.4 is 15.8 Å². The molecule has 1 heterocycles. The summed E-state index contributed by atoms with van der Waals surface area (Å²) in [7, 11) is 1.69. The van der Waals surface area contributed by atoms with Crippen LogP contribution in [0.15, 0.2) is 59.6 Å². The monoisotopic (exact) mass is 367 g/mol. The fourth-order valence-electron chi connectivity index (χ4n) is 3.52. The molecule has 0 unspecified atom stereocenters. The van der Waals surface area contributed by atoms with Crippen LogP contribution in [-0.4, -0.2) is 39.4 Å². The Morgan fingerprint density at radius 2 is 1.81 bits per heavy atom. The Balaban J connectivity index is 1.62. The topological polar surface area (TPSA) is 68.9 Å². The van der Waals surface area contributed by atoms with Crippen molar-refractivity contribution in [1.29, 1.82) is 0 Å². The summed E-state index contributed by atoms with van der Waals surface area (Å²) in [6, 6.07) is 18.7. The fraction of sp³-hybridized carbons (Fsp3) is 0.409. The molecule has 0 aliphatic carbocycles. The third kappa shape index (κ3) is 5.23. The molecule has 1 aliphatic heterocycles. The van der Waals surface area contributed by atoms with Crippen molar-refractivity contribution in [2.75, 3.05) is 33.4 Å². The normalized spacial score (nSPS) is 16.7. The van der Waals surface area contributed by atoms with Gasteiger partial charge in [0.25, 0.3) is 0 Å². The van der Waals surface area contributed by atoms with Gasteiger partial charge in [-0.25, -0.2) is 0 Å². The number of methoxy groups -OCH3 is 1. The standard InChI is InChI=1S/C22H29N3O2/c1-26-20-9-7-19(8-10-20)22(12-15-27-16-13-22)17-25-21(23)24-14-11-18-5-3-2-4-6-18/h2-10H,11-17H2,1H3,(H3,23,24,25). The first-order valence-corrected chi connectivity index (χ1v) is 9.52. The molecule has 0 spiro atoms. The summed E-state index contributed by atoms with van der Waals surface area (Å²) in [6.07, 6.45) is 2.81. The van der Waals surface area contributed by atoms with Crippen LogP contribution in [0.25, 0.3) is 0 Å². The molecule has 27 heavy (non-hydrogen) atoms. The van der Waals surface area contributed by atoms with Crippen molar-refractivity contribution in [3.63, 3.8) is 0 Å². The van der Waals surface area contributed by atoms with Gasteiger partial charge >= 0.3 is 0 Å². The Kier molecular flexibility index (Phi) is 6.71. The summed E-state index contributed by atoms with van der Waals surface area (Å²) in [4.78, 5) is 4.67. The highest BCUT2D eigenvalue weighted by Crippen LogP contribution is 2.36. The highest BCUT2D eigenvalue weighted by Gasteiger charge is 2.34. The largest absolute Gasteiger partial charge is 0.497 e. The van der Waals surface area contributed by atoms with Crippen LogP contribution in [-0.2, 0) is 16.6 Å². The van der Waals surface area contributed by atoms with Gasteiger partial charge in [-0.15, -0.1) is 0 Å². The highest BCUT2D eigenvalue weighted by atomic mass is 16.5. The zero-order valence-corrected chi connectivity index (χ0v) is 16.0. The molecular weight excluding hydrogens is 338 g/mol. The minimum atomic E-state index is -0.0315. The molecule has 1 fully saturated rings. The number of guanidine groups is 1. The lowest BCUT2D eigenvalue weighted by molar-refractivity contribution is 0.0531. The van der Waals surface area contributed by atoms with E-state index >= 15 is 0 Å². The molecule has 0 saturated carbocycles. The number of nitrogens with two attached hydrogens (primary N) is 1. The third-order valence-corrected chi connectivity index (χ3v) is 5.27. The van der Waals surface area contributed by atoms with Gasteiger partial charge < -0.3 is 20.5 Å². The van der Waals surface area contributed by atoms with Gasteiger partial charge in [-0.1, -0.05) is 42.5 Å². The van der Waals surface area contributed by atoms with Crippen LogP contribution in [0.3, 0.4) is 0 Å². The van der Waals surface area contributed by atoms with E-state index in [9.17, 15) is 0 Å². The van der Waals surface area contributed by atoms with E-state index in [0.717, 1.165) is 44.8 Å². The molecule has 0 radical (unpaired) electrons. The van der Waals surface area contributed by atoms with Gasteiger partial charge in [-0.2, -0.15) is 0 Å². The summed E-state index contributed by atoms with van der Waals surface area (Å²) in [5.74, 6) is 1.37. The van der Waals surface area contributed by atoms with E-state index in [0.29, 0.717) is 12.5 Å². The van der Waals surface area contributed by atoms with Crippen LogP contribution in [0.1, 0.15) is 24.0 Å². The first-order chi connectivity index (χ1) is 13.2. The average Bonchev–Trinajstić information content (AvgIpc) is 2.74. The Morgan fingerprint density at radius 3 is 2.48 bits per heavy atom. The molecule has 144 valence electrons. The van der Waals surface area contributed by atoms with Crippen molar-refractivity contribution >= 4 is 5.96 Å². The molecule has 3 N–H and O–H groups in total. The number of ether oxygens (including phenoxy) is 2. The van der Waals surface area contributed by atoms with E-state index in [1.54, 1.807) is 7.11 Å². The van der Waals surface area contributed by atoms with E-state index in [1.165, 1.54) is 11.1 Å². The second-order valence-corrected chi connectivity index (χ2v) is 6.99. The first kappa shape index (κ1) is 19.2. The molecule has 0 atom stereocenters. The maximum atomic E-state index is 6.13. The molecule has 0 aromatic heterocycles. The van der Waals surface area contributed by atoms with Gasteiger partial charge in [0.15, 0.2) is 5.96 Å². The number of aliphatic imine (C=N–C) groups is 1. The second kappa shape index (κ2) is 9.42. The lowest BCUT2D eigenvalue weighted by atomic mass is 9.74. The molecule has 0 bridgehead atoms. The zero-order valence-electron chi connectivity index (χ0n) is 16.0. The summed E-state index contributed by atoms with van der Waals surface area (Å²) in [6.45, 7) is 2.94. The van der Waals surface area contributed by atoms with Crippen molar-refractivity contribution < 1.29 is 9.47 Å². The van der Waals surface area contributed by atoms with Crippen LogP contribution in [0, 0.1) is 0 Å². The SMILES string of the molecule is COc1ccc(C2(CN=C(N)NCCc3ccccc3)CCOCC2)cc1. The maximum Gasteiger partial charge on any atom is 0.188 e. The molecule has 1 saturated heterocycles. The third-order valence-electron chi connectivity index (χ3n) is 5.27. The van der Waals surface area contributed by atoms with Gasteiger partial charge in [0.1, 0.15) is 5.75 Å². The molecule has 5 nitrogen and oxygen atoms in total. The number of hydrogen-bond acceptors (Lipinski definition) is 3. The van der Waals surface area contributed by atoms with Crippen molar-refractivity contribution in [3.05, 3.63) is 65.7 Å². The number of hydrogen-bond donors (Lipinski definition) is 2. The fourth-order valence-corrected chi connectivity index (χ4v) is 3.52. The average molecular weight is 367 g/mol. The van der Waals surface area contributed by atoms with E-state index in [1.807, 2.05) is 18.2 Å². The summed E-state index contributed by atoms with van der Waals surface area (Å²) in [5, 5.41) is 3.23. The lowest BCUT2D eigenvalue weighted by Gasteiger charge is -2.36. The zero-order chi connectivity index (χ0) is 19.0. The maximum absolute atomic E-state index is 6.13. The molecule has 2 aromatic rings. The summed E-state index contributed by atoms with van der Waals surface area (Å²) in [5.41, 5.74) is 8.65. The number of nitrogens with one attached hydrogen (secondary N) is 1. The van der Waals surface area contributed by atoms with Crippen molar-refractivity contribution in [3.8, 4) is 5.75 Å². The summed E-state index contributed by atoms with van der Waals surface area (Å²) >= 11 is 0. The molecule has 0 amide bonds. The molecule has 2 aromatic carbocycles. The number of rotatable bonds is 7. The van der Waals surface area contributed by atoms with Crippen molar-refractivity contribution in [2.45, 2.75) is 24.7 Å². The molecular formula is C22H29N3O2. The molecule has 1 aliphatic rings. The molecule has 5 heteroatoms. The predicted molar refractivity (Wildman–Crippen MR) is 109 cm³/mol. The van der Waals surface area contributed by atoms with Crippen molar-refractivity contribution in [1.82, 2.24) is 5.32 Å². The number of nitrogens with zero attached hydrogens (tertiary/aromatic N) is 1. The predicted octanol–water partition coefficient (Wildman–Crippen LogP) is 2.89. The number of benzene rings is 2. The quantitative estimate of drug-likeness (QED) is 0.583. The smallest absolute Gasteiger partial charge is 0.188 e. The lowest BCUT2D eigenvalue weighted by Crippen LogP contribution is -2.39. The highest BCUT2D eigenvalue weighted by molar-refractivity contribution is 5.77. The minimum absolute atomic E-state index is 0.0315.